The van der Waals surface area contributed by atoms with E-state index in [4.69, 9.17) is 6.42 Å². The maximum Gasteiger partial charge on any atom is 0.283 e. The fraction of sp³-hybridized carbons (Fsp3) is 0.105. The number of hydrogen-bond donors (Lipinski definition) is 2. The highest BCUT2D eigenvalue weighted by molar-refractivity contribution is 5.97. The van der Waals surface area contributed by atoms with Crippen molar-refractivity contribution in [3.05, 3.63) is 54.4 Å². The Hall–Kier alpha value is -3.99. The number of hydrogen-bond acceptors (Lipinski definition) is 5. The Morgan fingerprint density at radius 1 is 1.22 bits per heavy atom. The number of azo groups is 1. The normalized spacial score (nSPS) is 10.8. The molecule has 0 radical (unpaired) electrons. The van der Waals surface area contributed by atoms with Crippen molar-refractivity contribution in [3.8, 4) is 18.2 Å². The number of para-hydroxylation sites is 1. The number of aromatic nitrogens is 2. The Balaban J connectivity index is 1.74. The van der Waals surface area contributed by atoms with Crippen LogP contribution in [-0.2, 0) is 11.3 Å². The molecule has 2 amide bonds. The highest BCUT2D eigenvalue weighted by Crippen LogP contribution is 2.38. The second-order valence-electron chi connectivity index (χ2n) is 5.49. The zero-order chi connectivity index (χ0) is 19.2. The first-order valence-electron chi connectivity index (χ1n) is 7.98. The van der Waals surface area contributed by atoms with E-state index in [-0.39, 0.29) is 24.7 Å². The monoisotopic (exact) mass is 361 g/mol. The molecule has 0 aliphatic rings. The van der Waals surface area contributed by atoms with Crippen LogP contribution >= 0.6 is 0 Å². The van der Waals surface area contributed by atoms with Crippen molar-refractivity contribution < 1.29 is 14.7 Å². The number of carbonyl (C=O) groups is 2. The van der Waals surface area contributed by atoms with Crippen LogP contribution < -0.4 is 5.32 Å². The number of carbonyl (C=O) groups excluding carboxylic acids is 2. The van der Waals surface area contributed by atoms with Crippen LogP contribution in [0.15, 0.2) is 59.0 Å². The van der Waals surface area contributed by atoms with Crippen LogP contribution in [0, 0.1) is 12.3 Å². The second kappa shape index (κ2) is 7.93. The average molecular weight is 361 g/mol. The molecular weight excluding hydrogens is 346 g/mol. The van der Waals surface area contributed by atoms with E-state index in [2.05, 4.69) is 26.4 Å². The van der Waals surface area contributed by atoms with Crippen LogP contribution in [0.25, 0.3) is 10.9 Å². The van der Waals surface area contributed by atoms with Crippen molar-refractivity contribution in [1.29, 1.82) is 0 Å². The number of benzene rings is 1. The van der Waals surface area contributed by atoms with Crippen LogP contribution in [0.3, 0.4) is 0 Å². The molecule has 0 bridgehead atoms. The minimum absolute atomic E-state index is 0.148. The van der Waals surface area contributed by atoms with Gasteiger partial charge in [0.1, 0.15) is 6.54 Å². The topological polar surface area (TPSA) is 109 Å². The van der Waals surface area contributed by atoms with Crippen molar-refractivity contribution in [2.45, 2.75) is 6.54 Å². The summed E-state index contributed by atoms with van der Waals surface area (Å²) in [5.41, 5.74) is 1.21. The Labute approximate surface area is 154 Å². The van der Waals surface area contributed by atoms with Gasteiger partial charge in [-0.25, -0.2) is 0 Å². The molecule has 134 valence electrons. The summed E-state index contributed by atoms with van der Waals surface area (Å²) in [6, 6.07) is 10.2. The van der Waals surface area contributed by atoms with Crippen LogP contribution in [0.1, 0.15) is 10.4 Å². The first kappa shape index (κ1) is 17.8. The van der Waals surface area contributed by atoms with Gasteiger partial charge in [0, 0.05) is 23.3 Å². The molecule has 0 fully saturated rings. The summed E-state index contributed by atoms with van der Waals surface area (Å²) in [5.74, 6) is 1.20. The van der Waals surface area contributed by atoms with Crippen LogP contribution in [0.5, 0.6) is 5.88 Å². The summed E-state index contributed by atoms with van der Waals surface area (Å²) < 4.78 is 1.50. The number of fused-ring (bicyclic) bond motifs is 1. The number of aromatic hydroxyl groups is 1. The van der Waals surface area contributed by atoms with Crippen LogP contribution in [-0.4, -0.2) is 33.0 Å². The minimum Gasteiger partial charge on any atom is -0.493 e. The molecule has 2 N–H and O–H groups in total. The Kier molecular flexibility index (Phi) is 5.23. The van der Waals surface area contributed by atoms with E-state index in [9.17, 15) is 14.7 Å². The molecule has 0 unspecified atom stereocenters. The molecule has 0 aliphatic heterocycles. The molecule has 0 atom stereocenters. The minimum atomic E-state index is -0.661. The number of pyridine rings is 1. The summed E-state index contributed by atoms with van der Waals surface area (Å²) in [6.45, 7) is -0.174. The van der Waals surface area contributed by atoms with Gasteiger partial charge in [-0.2, -0.15) is 0 Å². The maximum atomic E-state index is 11.9. The van der Waals surface area contributed by atoms with E-state index in [0.717, 1.165) is 0 Å². The molecule has 2 aromatic heterocycles. The number of rotatable bonds is 5. The average Bonchev–Trinajstić information content (AvgIpc) is 2.97. The molecular formula is C19H15N5O3. The lowest BCUT2D eigenvalue weighted by Gasteiger charge is -2.01. The molecule has 1 aromatic carbocycles. The quantitative estimate of drug-likeness (QED) is 0.537. The highest BCUT2D eigenvalue weighted by atomic mass is 16.3. The van der Waals surface area contributed by atoms with E-state index < -0.39 is 11.8 Å². The largest absolute Gasteiger partial charge is 0.493 e. The third-order valence-electron chi connectivity index (χ3n) is 3.77. The Morgan fingerprint density at radius 2 is 1.96 bits per heavy atom. The van der Waals surface area contributed by atoms with Gasteiger partial charge in [0.25, 0.3) is 11.8 Å². The van der Waals surface area contributed by atoms with Gasteiger partial charge < -0.3 is 10.4 Å². The van der Waals surface area contributed by atoms with Crippen LogP contribution in [0.2, 0.25) is 0 Å². The van der Waals surface area contributed by atoms with Gasteiger partial charge in [0.05, 0.1) is 12.1 Å². The molecule has 3 rings (SSSR count). The Morgan fingerprint density at radius 3 is 2.70 bits per heavy atom. The van der Waals surface area contributed by atoms with Gasteiger partial charge in [0.2, 0.25) is 5.88 Å². The maximum absolute atomic E-state index is 11.9. The Bertz CT molecular complexity index is 1060. The summed E-state index contributed by atoms with van der Waals surface area (Å²) in [6.07, 6.45) is 8.29. The van der Waals surface area contributed by atoms with Crippen molar-refractivity contribution in [3.63, 3.8) is 0 Å². The molecule has 3 aromatic rings. The molecule has 0 spiro atoms. The van der Waals surface area contributed by atoms with Gasteiger partial charge in [-0.3, -0.25) is 19.1 Å². The van der Waals surface area contributed by atoms with E-state index >= 15 is 0 Å². The van der Waals surface area contributed by atoms with Crippen molar-refractivity contribution in [2.75, 3.05) is 6.54 Å². The lowest BCUT2D eigenvalue weighted by molar-refractivity contribution is -0.117. The first-order chi connectivity index (χ1) is 13.1. The molecule has 0 saturated carbocycles. The van der Waals surface area contributed by atoms with Crippen molar-refractivity contribution in [1.82, 2.24) is 14.9 Å². The molecule has 2 heterocycles. The molecule has 8 nitrogen and oxygen atoms in total. The SMILES string of the molecule is C#CCn1c(O)c(N=NC(=O)CNC(=O)c2ccncc2)c2ccccc21. The third kappa shape index (κ3) is 3.82. The van der Waals surface area contributed by atoms with Gasteiger partial charge in [-0.05, 0) is 18.2 Å². The zero-order valence-electron chi connectivity index (χ0n) is 14.2. The first-order valence-corrected chi connectivity index (χ1v) is 7.98. The van der Waals surface area contributed by atoms with E-state index in [1.54, 1.807) is 24.3 Å². The van der Waals surface area contributed by atoms with Crippen molar-refractivity contribution >= 4 is 28.4 Å². The molecule has 0 saturated heterocycles. The van der Waals surface area contributed by atoms with Crippen LogP contribution in [0.4, 0.5) is 5.69 Å². The molecule has 27 heavy (non-hydrogen) atoms. The number of amides is 2. The summed E-state index contributed by atoms with van der Waals surface area (Å²) in [4.78, 5) is 27.6. The number of nitrogens with one attached hydrogen (secondary N) is 1. The lowest BCUT2D eigenvalue weighted by atomic mass is 10.2. The van der Waals surface area contributed by atoms with E-state index in [1.807, 2.05) is 0 Å². The number of terminal acetylenes is 1. The number of nitrogens with zero attached hydrogens (tertiary/aromatic N) is 4. The van der Waals surface area contributed by atoms with Gasteiger partial charge in [0.15, 0.2) is 5.69 Å². The van der Waals surface area contributed by atoms with E-state index in [1.165, 1.54) is 29.1 Å². The molecule has 8 heteroatoms. The summed E-state index contributed by atoms with van der Waals surface area (Å²) in [7, 11) is 0. The summed E-state index contributed by atoms with van der Waals surface area (Å²) in [5, 5.41) is 20.9. The standard InChI is InChI=1S/C19H15N5O3/c1-2-11-24-15-6-4-3-5-14(15)17(19(24)27)23-22-16(25)12-21-18(26)13-7-9-20-10-8-13/h1,3-10,27H,11-12H2,(H,21,26). The predicted molar refractivity (Wildman–Crippen MR) is 98.5 cm³/mol. The zero-order valence-corrected chi connectivity index (χ0v) is 14.2. The lowest BCUT2D eigenvalue weighted by Crippen LogP contribution is -2.28. The third-order valence-corrected chi connectivity index (χ3v) is 3.77. The fourth-order valence-corrected chi connectivity index (χ4v) is 2.52. The summed E-state index contributed by atoms with van der Waals surface area (Å²) >= 11 is 0. The van der Waals surface area contributed by atoms with E-state index in [0.29, 0.717) is 16.5 Å². The van der Waals surface area contributed by atoms with Gasteiger partial charge >= 0.3 is 0 Å². The van der Waals surface area contributed by atoms with Gasteiger partial charge in [-0.1, -0.05) is 24.1 Å². The highest BCUT2D eigenvalue weighted by Gasteiger charge is 2.16. The molecule has 0 aliphatic carbocycles. The fourth-order valence-electron chi connectivity index (χ4n) is 2.52. The van der Waals surface area contributed by atoms with Gasteiger partial charge in [-0.15, -0.1) is 16.7 Å². The van der Waals surface area contributed by atoms with Crippen molar-refractivity contribution in [2.24, 2.45) is 10.2 Å². The second-order valence-corrected chi connectivity index (χ2v) is 5.49. The smallest absolute Gasteiger partial charge is 0.283 e. The predicted octanol–water partition coefficient (Wildman–Crippen LogP) is 2.42.